The zero-order chi connectivity index (χ0) is 15.0. The van der Waals surface area contributed by atoms with Crippen molar-refractivity contribution in [3.8, 4) is 0 Å². The lowest BCUT2D eigenvalue weighted by molar-refractivity contribution is -0.137. The third-order valence-electron chi connectivity index (χ3n) is 2.56. The van der Waals surface area contributed by atoms with Gasteiger partial charge in [0.1, 0.15) is 10.8 Å². The van der Waals surface area contributed by atoms with E-state index in [-0.39, 0.29) is 10.3 Å². The first-order valence-corrected chi connectivity index (χ1v) is 7.28. The lowest BCUT2D eigenvalue weighted by Gasteiger charge is -2.26. The molecule has 0 radical (unpaired) electrons. The van der Waals surface area contributed by atoms with Crippen LogP contribution in [0.3, 0.4) is 0 Å². The van der Waals surface area contributed by atoms with Crippen LogP contribution >= 0.6 is 27.3 Å². The van der Waals surface area contributed by atoms with Gasteiger partial charge in [0.25, 0.3) is 0 Å². The van der Waals surface area contributed by atoms with Gasteiger partial charge < -0.3 is 5.32 Å². The Labute approximate surface area is 126 Å². The summed E-state index contributed by atoms with van der Waals surface area (Å²) in [6.45, 7) is 3.52. The zero-order valence-electron chi connectivity index (χ0n) is 10.6. The number of halogens is 4. The summed E-state index contributed by atoms with van der Waals surface area (Å²) < 4.78 is 39.4. The minimum atomic E-state index is -4.47. The number of nitrogens with one attached hydrogen (secondary N) is 1. The summed E-state index contributed by atoms with van der Waals surface area (Å²) in [6, 6.07) is 1.01. The number of anilines is 1. The van der Waals surface area contributed by atoms with E-state index in [0.717, 1.165) is 6.07 Å². The van der Waals surface area contributed by atoms with Gasteiger partial charge >= 0.3 is 6.18 Å². The van der Waals surface area contributed by atoms with Gasteiger partial charge in [0.15, 0.2) is 0 Å². The Bertz CT molecular complexity index is 596. The van der Waals surface area contributed by atoms with Gasteiger partial charge in [-0.05, 0) is 35.8 Å². The van der Waals surface area contributed by atoms with Crippen molar-refractivity contribution < 1.29 is 13.2 Å². The minimum Gasteiger partial charge on any atom is -0.358 e. The molecule has 0 unspecified atom stereocenters. The molecule has 0 aromatic carbocycles. The van der Waals surface area contributed by atoms with Gasteiger partial charge in [0, 0.05) is 22.2 Å². The lowest BCUT2D eigenvalue weighted by atomic mass is 10.1. The minimum absolute atomic E-state index is 0.207. The Morgan fingerprint density at radius 3 is 2.50 bits per heavy atom. The van der Waals surface area contributed by atoms with Gasteiger partial charge in [-0.1, -0.05) is 0 Å². The molecule has 2 heterocycles. The van der Waals surface area contributed by atoms with Crippen LogP contribution in [-0.2, 0) is 11.7 Å². The van der Waals surface area contributed by atoms with Crippen molar-refractivity contribution in [3.05, 3.63) is 38.9 Å². The molecule has 0 aliphatic carbocycles. The number of pyridine rings is 1. The molecular formula is C12H11BrF3N3S. The molecule has 108 valence electrons. The molecule has 0 amide bonds. The third-order valence-corrected chi connectivity index (χ3v) is 4.09. The van der Waals surface area contributed by atoms with Gasteiger partial charge in [-0.3, -0.25) is 0 Å². The van der Waals surface area contributed by atoms with Crippen LogP contribution in [-0.4, -0.2) is 9.97 Å². The first-order valence-electron chi connectivity index (χ1n) is 5.61. The maximum absolute atomic E-state index is 13.0. The normalized spacial score (nSPS) is 12.5. The summed E-state index contributed by atoms with van der Waals surface area (Å²) >= 11 is 4.38. The van der Waals surface area contributed by atoms with E-state index >= 15 is 0 Å². The van der Waals surface area contributed by atoms with Gasteiger partial charge in [-0.15, -0.1) is 11.3 Å². The highest BCUT2D eigenvalue weighted by Crippen LogP contribution is 2.37. The predicted octanol–water partition coefficient (Wildman–Crippen LogP) is 4.67. The molecule has 1 N–H and O–H groups in total. The summed E-state index contributed by atoms with van der Waals surface area (Å²) in [7, 11) is 0. The van der Waals surface area contributed by atoms with E-state index in [1.165, 1.54) is 17.5 Å². The highest BCUT2D eigenvalue weighted by molar-refractivity contribution is 9.10. The second kappa shape index (κ2) is 5.33. The predicted molar refractivity (Wildman–Crippen MR) is 75.7 cm³/mol. The zero-order valence-corrected chi connectivity index (χ0v) is 13.0. The van der Waals surface area contributed by atoms with Crippen molar-refractivity contribution in [3.63, 3.8) is 0 Å². The van der Waals surface area contributed by atoms with E-state index in [2.05, 4.69) is 31.2 Å². The van der Waals surface area contributed by atoms with Crippen molar-refractivity contribution in [2.45, 2.75) is 25.6 Å². The van der Waals surface area contributed by atoms with Crippen LogP contribution in [0, 0.1) is 0 Å². The molecule has 0 spiro atoms. The fourth-order valence-corrected chi connectivity index (χ4v) is 2.69. The molecular weight excluding hydrogens is 355 g/mol. The molecule has 0 aliphatic heterocycles. The smallest absolute Gasteiger partial charge is 0.358 e. The molecule has 0 saturated heterocycles. The number of rotatable bonds is 3. The van der Waals surface area contributed by atoms with Crippen LogP contribution in [0.1, 0.15) is 24.4 Å². The van der Waals surface area contributed by atoms with Gasteiger partial charge in [-0.25, -0.2) is 9.97 Å². The molecule has 20 heavy (non-hydrogen) atoms. The van der Waals surface area contributed by atoms with Crippen LogP contribution in [0.25, 0.3) is 0 Å². The van der Waals surface area contributed by atoms with Gasteiger partial charge in [0.2, 0.25) is 0 Å². The van der Waals surface area contributed by atoms with Crippen molar-refractivity contribution >= 4 is 33.1 Å². The van der Waals surface area contributed by atoms with E-state index in [9.17, 15) is 13.2 Å². The summed E-state index contributed by atoms with van der Waals surface area (Å²) in [6.07, 6.45) is -1.53. The quantitative estimate of drug-likeness (QED) is 0.858. The number of hydrogen-bond donors (Lipinski definition) is 1. The van der Waals surface area contributed by atoms with Crippen molar-refractivity contribution in [2.24, 2.45) is 0 Å². The van der Waals surface area contributed by atoms with Gasteiger partial charge in [-0.2, -0.15) is 13.2 Å². The van der Waals surface area contributed by atoms with E-state index < -0.39 is 17.3 Å². The summed E-state index contributed by atoms with van der Waals surface area (Å²) in [5, 5.41) is 5.29. The molecule has 0 atom stereocenters. The molecule has 2 aromatic heterocycles. The van der Waals surface area contributed by atoms with Crippen molar-refractivity contribution in [1.82, 2.24) is 9.97 Å². The summed E-state index contributed by atoms with van der Waals surface area (Å²) in [5.74, 6) is -0.207. The number of alkyl halides is 3. The molecule has 2 rings (SSSR count). The van der Waals surface area contributed by atoms with E-state index in [1.54, 1.807) is 25.4 Å². The Balaban J connectivity index is 2.39. The second-order valence-electron chi connectivity index (χ2n) is 4.63. The molecule has 0 aliphatic rings. The Kier molecular flexibility index (Phi) is 4.06. The summed E-state index contributed by atoms with van der Waals surface area (Å²) in [5.41, 5.74) is -1.55. The largest absolute Gasteiger partial charge is 0.419 e. The average Bonchev–Trinajstić information content (AvgIpc) is 2.84. The maximum atomic E-state index is 13.0. The SMILES string of the molecule is CC(C)(Nc1ncc(Br)cc1C(F)(F)F)c1nccs1. The van der Waals surface area contributed by atoms with Crippen molar-refractivity contribution in [1.29, 1.82) is 0 Å². The Morgan fingerprint density at radius 1 is 1.25 bits per heavy atom. The van der Waals surface area contributed by atoms with E-state index in [1.807, 2.05) is 0 Å². The second-order valence-corrected chi connectivity index (χ2v) is 6.44. The van der Waals surface area contributed by atoms with Crippen molar-refractivity contribution in [2.75, 3.05) is 5.32 Å². The summed E-state index contributed by atoms with van der Waals surface area (Å²) in [4.78, 5) is 7.97. The van der Waals surface area contributed by atoms with Crippen LogP contribution in [0.5, 0.6) is 0 Å². The maximum Gasteiger partial charge on any atom is 0.419 e. The Morgan fingerprint density at radius 2 is 1.95 bits per heavy atom. The van der Waals surface area contributed by atoms with Crippen LogP contribution in [0.15, 0.2) is 28.3 Å². The molecule has 3 nitrogen and oxygen atoms in total. The molecule has 2 aromatic rings. The number of thiazole rings is 1. The van der Waals surface area contributed by atoms with Crippen LogP contribution < -0.4 is 5.32 Å². The molecule has 0 fully saturated rings. The fourth-order valence-electron chi connectivity index (χ4n) is 1.64. The average molecular weight is 366 g/mol. The number of nitrogens with zero attached hydrogens (tertiary/aromatic N) is 2. The number of aromatic nitrogens is 2. The number of hydrogen-bond acceptors (Lipinski definition) is 4. The highest BCUT2D eigenvalue weighted by Gasteiger charge is 2.36. The standard InChI is InChI=1S/C12H11BrF3N3S/c1-11(2,10-17-3-4-20-10)19-9-8(12(14,15)16)5-7(13)6-18-9/h3-6H,1-2H3,(H,18,19). The topological polar surface area (TPSA) is 37.8 Å². The highest BCUT2D eigenvalue weighted by atomic mass is 79.9. The molecule has 0 saturated carbocycles. The van der Waals surface area contributed by atoms with E-state index in [0.29, 0.717) is 5.01 Å². The first-order chi connectivity index (χ1) is 9.20. The third kappa shape index (κ3) is 3.29. The van der Waals surface area contributed by atoms with E-state index in [4.69, 9.17) is 0 Å². The van der Waals surface area contributed by atoms with Gasteiger partial charge in [0.05, 0.1) is 11.1 Å². The first kappa shape index (κ1) is 15.2. The molecule has 0 bridgehead atoms. The monoisotopic (exact) mass is 365 g/mol. The lowest BCUT2D eigenvalue weighted by Crippen LogP contribution is -2.29. The molecule has 8 heteroatoms. The van der Waals surface area contributed by atoms with Crippen LogP contribution in [0.2, 0.25) is 0 Å². The Hall–Kier alpha value is -1.15. The fraction of sp³-hybridized carbons (Fsp3) is 0.333. The van der Waals surface area contributed by atoms with Crippen LogP contribution in [0.4, 0.5) is 19.0 Å².